The Morgan fingerprint density at radius 1 is 1.31 bits per heavy atom. The monoisotopic (exact) mass is 221 g/mol. The normalized spacial score (nSPS) is 24.9. The Hall–Kier alpha value is -1.09. The van der Waals surface area contributed by atoms with E-state index in [0.717, 1.165) is 30.6 Å². The van der Waals surface area contributed by atoms with Crippen molar-refractivity contribution < 1.29 is 9.50 Å². The van der Waals surface area contributed by atoms with Crippen LogP contribution in [0.1, 0.15) is 30.4 Å². The fraction of sp³-hybridized carbons (Fsp3) is 0.538. The predicted octanol–water partition coefficient (Wildman–Crippen LogP) is 2.44. The summed E-state index contributed by atoms with van der Waals surface area (Å²) in [4.78, 5) is 2.42. The van der Waals surface area contributed by atoms with E-state index in [1.54, 1.807) is 6.07 Å². The van der Waals surface area contributed by atoms with E-state index in [-0.39, 0.29) is 11.6 Å². The summed E-state index contributed by atoms with van der Waals surface area (Å²) < 4.78 is 13.2. The Labute approximate surface area is 94.7 Å². The molecule has 1 fully saturated rings. The molecule has 2 aliphatic heterocycles. The predicted molar refractivity (Wildman–Crippen MR) is 59.8 cm³/mol. The zero-order chi connectivity index (χ0) is 11.1. The van der Waals surface area contributed by atoms with Gasteiger partial charge in [-0.25, -0.2) is 4.39 Å². The molecule has 1 saturated heterocycles. The van der Waals surface area contributed by atoms with Crippen molar-refractivity contribution in [1.82, 2.24) is 4.90 Å². The number of benzene rings is 1. The molecule has 16 heavy (non-hydrogen) atoms. The van der Waals surface area contributed by atoms with Gasteiger partial charge in [0.1, 0.15) is 11.6 Å². The number of hydrogen-bond donors (Lipinski definition) is 1. The number of fused-ring (bicyclic) bond motifs is 2. The third-order valence-electron chi connectivity index (χ3n) is 3.85. The van der Waals surface area contributed by atoms with Crippen molar-refractivity contribution in [1.29, 1.82) is 0 Å². The number of phenols is 1. The second kappa shape index (κ2) is 3.74. The fourth-order valence-corrected chi connectivity index (χ4v) is 3.00. The Balaban J connectivity index is 1.98. The van der Waals surface area contributed by atoms with Gasteiger partial charge in [0.15, 0.2) is 0 Å². The molecule has 1 N–H and O–H groups in total. The summed E-state index contributed by atoms with van der Waals surface area (Å²) >= 11 is 0. The van der Waals surface area contributed by atoms with Gasteiger partial charge in [0.25, 0.3) is 0 Å². The topological polar surface area (TPSA) is 23.5 Å². The first-order chi connectivity index (χ1) is 7.74. The van der Waals surface area contributed by atoms with Crippen LogP contribution in [0.2, 0.25) is 0 Å². The smallest absolute Gasteiger partial charge is 0.127 e. The molecule has 3 heteroatoms. The zero-order valence-corrected chi connectivity index (χ0v) is 9.25. The number of aromatic hydroxyl groups is 1. The molecule has 2 heterocycles. The largest absolute Gasteiger partial charge is 0.508 e. The van der Waals surface area contributed by atoms with Crippen molar-refractivity contribution in [2.45, 2.75) is 38.3 Å². The molecule has 0 aliphatic carbocycles. The van der Waals surface area contributed by atoms with E-state index in [1.165, 1.54) is 25.3 Å². The van der Waals surface area contributed by atoms with E-state index in [2.05, 4.69) is 4.90 Å². The van der Waals surface area contributed by atoms with Crippen LogP contribution in [0, 0.1) is 5.82 Å². The molecule has 0 saturated carbocycles. The van der Waals surface area contributed by atoms with Gasteiger partial charge in [-0.3, -0.25) is 4.90 Å². The van der Waals surface area contributed by atoms with Crippen molar-refractivity contribution >= 4 is 0 Å². The van der Waals surface area contributed by atoms with Gasteiger partial charge >= 0.3 is 0 Å². The maximum absolute atomic E-state index is 13.2. The van der Waals surface area contributed by atoms with Crippen molar-refractivity contribution in [2.24, 2.45) is 0 Å². The summed E-state index contributed by atoms with van der Waals surface area (Å²) in [6.45, 7) is 1.90. The van der Waals surface area contributed by atoms with Gasteiger partial charge in [0.05, 0.1) is 0 Å². The third-order valence-corrected chi connectivity index (χ3v) is 3.85. The number of halogens is 1. The maximum Gasteiger partial charge on any atom is 0.127 e. The standard InChI is InChI=1S/C13H16FNO/c14-10-5-9-6-11-3-1-2-4-15(11)8-12(9)13(16)7-10/h5,7,11,16H,1-4,6,8H2. The molecular weight excluding hydrogens is 205 g/mol. The summed E-state index contributed by atoms with van der Waals surface area (Å²) in [5.74, 6) is -0.195. The van der Waals surface area contributed by atoms with Crippen LogP contribution in [-0.2, 0) is 13.0 Å². The van der Waals surface area contributed by atoms with Crippen LogP contribution in [0.5, 0.6) is 5.75 Å². The fourth-order valence-electron chi connectivity index (χ4n) is 3.00. The van der Waals surface area contributed by atoms with E-state index < -0.39 is 0 Å². The molecular formula is C13H16FNO. The minimum absolute atomic E-state index is 0.124. The first kappa shape index (κ1) is 10.1. The van der Waals surface area contributed by atoms with Gasteiger partial charge in [-0.2, -0.15) is 0 Å². The minimum atomic E-state index is -0.319. The van der Waals surface area contributed by atoms with Crippen molar-refractivity contribution in [3.63, 3.8) is 0 Å². The molecule has 0 spiro atoms. The van der Waals surface area contributed by atoms with Crippen LogP contribution in [0.3, 0.4) is 0 Å². The van der Waals surface area contributed by atoms with Crippen molar-refractivity contribution in [3.8, 4) is 5.75 Å². The summed E-state index contributed by atoms with van der Waals surface area (Å²) in [5, 5.41) is 9.76. The summed E-state index contributed by atoms with van der Waals surface area (Å²) in [7, 11) is 0. The zero-order valence-electron chi connectivity index (χ0n) is 9.25. The third kappa shape index (κ3) is 1.59. The molecule has 0 aromatic heterocycles. The summed E-state index contributed by atoms with van der Waals surface area (Å²) in [6, 6.07) is 3.37. The van der Waals surface area contributed by atoms with Crippen LogP contribution in [-0.4, -0.2) is 22.6 Å². The lowest BCUT2D eigenvalue weighted by molar-refractivity contribution is 0.125. The molecule has 1 aromatic rings. The summed E-state index contributed by atoms with van der Waals surface area (Å²) in [6.07, 6.45) is 4.61. The molecule has 2 aliphatic rings. The number of nitrogens with zero attached hydrogens (tertiary/aromatic N) is 1. The Bertz CT molecular complexity index is 419. The lowest BCUT2D eigenvalue weighted by Crippen LogP contribution is -2.43. The van der Waals surface area contributed by atoms with E-state index in [4.69, 9.17) is 0 Å². The van der Waals surface area contributed by atoms with Gasteiger partial charge < -0.3 is 5.11 Å². The van der Waals surface area contributed by atoms with Crippen LogP contribution in [0.4, 0.5) is 4.39 Å². The average Bonchev–Trinajstić information content (AvgIpc) is 2.27. The van der Waals surface area contributed by atoms with Crippen LogP contribution < -0.4 is 0 Å². The van der Waals surface area contributed by atoms with Crippen LogP contribution in [0.25, 0.3) is 0 Å². The number of piperidine rings is 1. The molecule has 0 amide bonds. The average molecular weight is 221 g/mol. The molecule has 2 nitrogen and oxygen atoms in total. The molecule has 1 atom stereocenters. The van der Waals surface area contributed by atoms with Crippen LogP contribution >= 0.6 is 0 Å². The van der Waals surface area contributed by atoms with E-state index in [9.17, 15) is 9.50 Å². The van der Waals surface area contributed by atoms with Crippen molar-refractivity contribution in [3.05, 3.63) is 29.1 Å². The second-order valence-corrected chi connectivity index (χ2v) is 4.89. The highest BCUT2D eigenvalue weighted by molar-refractivity contribution is 5.41. The van der Waals surface area contributed by atoms with Gasteiger partial charge in [-0.1, -0.05) is 6.42 Å². The molecule has 0 bridgehead atoms. The van der Waals surface area contributed by atoms with Gasteiger partial charge in [0, 0.05) is 24.2 Å². The Morgan fingerprint density at radius 3 is 3.06 bits per heavy atom. The SMILES string of the molecule is Oc1cc(F)cc2c1CN1CCCCC1C2. The van der Waals surface area contributed by atoms with Gasteiger partial charge in [-0.05, 0) is 37.4 Å². The molecule has 3 rings (SSSR count). The Kier molecular flexibility index (Phi) is 2.36. The Morgan fingerprint density at radius 2 is 2.19 bits per heavy atom. The first-order valence-corrected chi connectivity index (χ1v) is 5.98. The number of rotatable bonds is 0. The highest BCUT2D eigenvalue weighted by atomic mass is 19.1. The minimum Gasteiger partial charge on any atom is -0.508 e. The number of phenolic OH excluding ortho intramolecular Hbond substituents is 1. The highest BCUT2D eigenvalue weighted by Crippen LogP contribution is 2.34. The first-order valence-electron chi connectivity index (χ1n) is 5.98. The second-order valence-electron chi connectivity index (χ2n) is 4.89. The lowest BCUT2D eigenvalue weighted by Gasteiger charge is -2.40. The van der Waals surface area contributed by atoms with Crippen molar-refractivity contribution in [2.75, 3.05) is 6.54 Å². The van der Waals surface area contributed by atoms with Crippen LogP contribution in [0.15, 0.2) is 12.1 Å². The molecule has 1 aromatic carbocycles. The van der Waals surface area contributed by atoms with E-state index in [1.807, 2.05) is 0 Å². The molecule has 0 radical (unpaired) electrons. The summed E-state index contributed by atoms with van der Waals surface area (Å²) in [5.41, 5.74) is 1.93. The lowest BCUT2D eigenvalue weighted by atomic mass is 9.88. The van der Waals surface area contributed by atoms with E-state index in [0.29, 0.717) is 6.04 Å². The molecule has 86 valence electrons. The van der Waals surface area contributed by atoms with Gasteiger partial charge in [0.2, 0.25) is 0 Å². The van der Waals surface area contributed by atoms with Gasteiger partial charge in [-0.15, -0.1) is 0 Å². The maximum atomic E-state index is 13.2. The number of hydrogen-bond acceptors (Lipinski definition) is 2. The highest BCUT2D eigenvalue weighted by Gasteiger charge is 2.29. The molecule has 1 unspecified atom stereocenters. The van der Waals surface area contributed by atoms with E-state index >= 15 is 0 Å². The quantitative estimate of drug-likeness (QED) is 0.727.